The van der Waals surface area contributed by atoms with E-state index in [0.717, 1.165) is 48.9 Å². The molecule has 1 fully saturated rings. The van der Waals surface area contributed by atoms with E-state index in [1.807, 2.05) is 38.1 Å². The lowest BCUT2D eigenvalue weighted by Crippen LogP contribution is -2.27. The molecule has 0 aliphatic heterocycles. The number of halogens is 2. The lowest BCUT2D eigenvalue weighted by atomic mass is 9.83. The number of esters is 1. The third-order valence-electron chi connectivity index (χ3n) is 6.66. The van der Waals surface area contributed by atoms with Gasteiger partial charge in [-0.2, -0.15) is 0 Å². The van der Waals surface area contributed by atoms with Crippen molar-refractivity contribution in [2.75, 3.05) is 12.4 Å². The average molecular weight is 504 g/mol. The Labute approximate surface area is 198 Å². The molecule has 2 atom stereocenters. The Bertz CT molecular complexity index is 972. The predicted molar refractivity (Wildman–Crippen MR) is 128 cm³/mol. The molecule has 1 aliphatic rings. The third-order valence-corrected chi connectivity index (χ3v) is 7.31. The maximum atomic E-state index is 14.3. The zero-order valence-electron chi connectivity index (χ0n) is 18.9. The Balaban J connectivity index is 1.89. The fraction of sp³-hybridized carbons (Fsp3) is 0.462. The van der Waals surface area contributed by atoms with Crippen LogP contribution < -0.4 is 5.32 Å². The van der Waals surface area contributed by atoms with Gasteiger partial charge >= 0.3 is 5.97 Å². The van der Waals surface area contributed by atoms with Crippen molar-refractivity contribution in [3.63, 3.8) is 0 Å². The van der Waals surface area contributed by atoms with E-state index in [1.54, 1.807) is 6.07 Å². The van der Waals surface area contributed by atoms with Crippen molar-refractivity contribution < 1.29 is 18.7 Å². The van der Waals surface area contributed by atoms with Crippen LogP contribution in [0.3, 0.4) is 0 Å². The van der Waals surface area contributed by atoms with Crippen molar-refractivity contribution in [3.05, 3.63) is 63.4 Å². The molecule has 0 bridgehead atoms. The van der Waals surface area contributed by atoms with Crippen LogP contribution in [0.15, 0.2) is 40.9 Å². The number of methoxy groups -OCH3 is 1. The molecule has 1 aliphatic carbocycles. The van der Waals surface area contributed by atoms with Gasteiger partial charge in [-0.1, -0.05) is 38.0 Å². The molecule has 0 radical (unpaired) electrons. The van der Waals surface area contributed by atoms with Crippen molar-refractivity contribution >= 4 is 33.5 Å². The number of rotatable bonds is 8. The lowest BCUT2D eigenvalue weighted by Gasteiger charge is -2.25. The summed E-state index contributed by atoms with van der Waals surface area (Å²) in [5.74, 6) is -0.901. The number of benzene rings is 2. The zero-order chi connectivity index (χ0) is 23.3. The molecule has 1 N–H and O–H groups in total. The molecule has 0 spiro atoms. The van der Waals surface area contributed by atoms with E-state index >= 15 is 0 Å². The summed E-state index contributed by atoms with van der Waals surface area (Å²) in [4.78, 5) is 25.4. The summed E-state index contributed by atoms with van der Waals surface area (Å²) >= 11 is 3.20. The van der Waals surface area contributed by atoms with E-state index in [1.165, 1.54) is 13.2 Å². The van der Waals surface area contributed by atoms with Crippen LogP contribution in [-0.4, -0.2) is 19.0 Å². The van der Waals surface area contributed by atoms with E-state index in [9.17, 15) is 14.0 Å². The van der Waals surface area contributed by atoms with Gasteiger partial charge in [0.1, 0.15) is 5.82 Å². The molecule has 6 heteroatoms. The summed E-state index contributed by atoms with van der Waals surface area (Å²) < 4.78 is 19.5. The average Bonchev–Trinajstić information content (AvgIpc) is 3.30. The summed E-state index contributed by atoms with van der Waals surface area (Å²) in [6.45, 7) is 4.01. The molecule has 1 amide bonds. The van der Waals surface area contributed by atoms with Gasteiger partial charge in [-0.3, -0.25) is 9.59 Å². The highest BCUT2D eigenvalue weighted by Crippen LogP contribution is 2.39. The second-order valence-electron chi connectivity index (χ2n) is 8.59. The van der Waals surface area contributed by atoms with E-state index in [0.29, 0.717) is 16.5 Å². The van der Waals surface area contributed by atoms with Crippen molar-refractivity contribution in [1.29, 1.82) is 0 Å². The molecule has 2 aromatic carbocycles. The molecular weight excluding hydrogens is 473 g/mol. The molecule has 3 rings (SSSR count). The van der Waals surface area contributed by atoms with Gasteiger partial charge in [0.25, 0.3) is 0 Å². The Hall–Kier alpha value is -2.21. The summed E-state index contributed by atoms with van der Waals surface area (Å²) in [5, 5.41) is 3.12. The summed E-state index contributed by atoms with van der Waals surface area (Å²) in [6, 6.07) is 10.8. The van der Waals surface area contributed by atoms with Gasteiger partial charge in [0, 0.05) is 5.69 Å². The second kappa shape index (κ2) is 11.1. The Morgan fingerprint density at radius 2 is 1.94 bits per heavy atom. The Morgan fingerprint density at radius 3 is 2.56 bits per heavy atom. The van der Waals surface area contributed by atoms with Crippen LogP contribution >= 0.6 is 15.9 Å². The number of ether oxygens (including phenoxy) is 1. The van der Waals surface area contributed by atoms with Crippen molar-refractivity contribution in [2.24, 2.45) is 5.92 Å². The highest BCUT2D eigenvalue weighted by Gasteiger charge is 2.33. The molecule has 4 nitrogen and oxygen atoms in total. The number of carbonyl (C=O) groups is 2. The van der Waals surface area contributed by atoms with Crippen molar-refractivity contribution in [2.45, 2.75) is 64.2 Å². The molecule has 0 heterocycles. The fourth-order valence-corrected chi connectivity index (χ4v) is 5.08. The Kier molecular flexibility index (Phi) is 8.46. The smallest absolute Gasteiger partial charge is 0.306 e. The topological polar surface area (TPSA) is 55.4 Å². The first-order chi connectivity index (χ1) is 15.3. The summed E-state index contributed by atoms with van der Waals surface area (Å²) in [6.07, 6.45) is 5.20. The minimum atomic E-state index is -0.403. The first kappa shape index (κ1) is 24.4. The van der Waals surface area contributed by atoms with Gasteiger partial charge in [-0.25, -0.2) is 4.39 Å². The van der Waals surface area contributed by atoms with Crippen LogP contribution in [0.4, 0.5) is 10.1 Å². The van der Waals surface area contributed by atoms with Crippen molar-refractivity contribution in [3.8, 4) is 0 Å². The van der Waals surface area contributed by atoms with Crippen molar-refractivity contribution in [1.82, 2.24) is 0 Å². The lowest BCUT2D eigenvalue weighted by molar-refractivity contribution is -0.141. The highest BCUT2D eigenvalue weighted by molar-refractivity contribution is 9.10. The Morgan fingerprint density at radius 1 is 1.22 bits per heavy atom. The van der Waals surface area contributed by atoms with Gasteiger partial charge in [0.15, 0.2) is 0 Å². The number of carbonyl (C=O) groups excluding carboxylic acids is 2. The molecule has 172 valence electrons. The number of amides is 1. The van der Waals surface area contributed by atoms with E-state index in [-0.39, 0.29) is 29.5 Å². The minimum absolute atomic E-state index is 0.0190. The summed E-state index contributed by atoms with van der Waals surface area (Å²) in [7, 11) is 1.40. The summed E-state index contributed by atoms with van der Waals surface area (Å²) in [5.41, 5.74) is 3.42. The maximum absolute atomic E-state index is 14.3. The largest absolute Gasteiger partial charge is 0.469 e. The monoisotopic (exact) mass is 503 g/mol. The van der Waals surface area contributed by atoms with Gasteiger partial charge in [0.05, 0.1) is 23.9 Å². The highest BCUT2D eigenvalue weighted by atomic mass is 79.9. The maximum Gasteiger partial charge on any atom is 0.306 e. The number of anilines is 1. The number of hydrogen-bond donors (Lipinski definition) is 1. The minimum Gasteiger partial charge on any atom is -0.469 e. The van der Waals surface area contributed by atoms with Crippen LogP contribution in [0.2, 0.25) is 0 Å². The van der Waals surface area contributed by atoms with Crippen LogP contribution in [0.1, 0.15) is 74.0 Å². The zero-order valence-corrected chi connectivity index (χ0v) is 20.5. The normalized spacial score (nSPS) is 15.9. The molecule has 0 aromatic heterocycles. The molecule has 0 saturated heterocycles. The molecule has 32 heavy (non-hydrogen) atoms. The van der Waals surface area contributed by atoms with Crippen LogP contribution in [0.5, 0.6) is 0 Å². The van der Waals surface area contributed by atoms with Crippen LogP contribution in [0.25, 0.3) is 0 Å². The quantitative estimate of drug-likeness (QED) is 0.400. The molecule has 2 unspecified atom stereocenters. The van der Waals surface area contributed by atoms with Gasteiger partial charge < -0.3 is 10.1 Å². The van der Waals surface area contributed by atoms with Crippen LogP contribution in [0, 0.1) is 18.7 Å². The SMILES string of the molecule is CCC(CC(=O)OC)c1cccc(NC(=O)C(c2ccc(Br)c(F)c2)C2CCCC2)c1C. The fourth-order valence-electron chi connectivity index (χ4n) is 4.83. The third kappa shape index (κ3) is 5.58. The van der Waals surface area contributed by atoms with E-state index < -0.39 is 5.92 Å². The number of hydrogen-bond acceptors (Lipinski definition) is 3. The first-order valence-electron chi connectivity index (χ1n) is 11.3. The van der Waals surface area contributed by atoms with Gasteiger partial charge in [-0.05, 0) is 88.8 Å². The number of nitrogens with one attached hydrogen (secondary N) is 1. The van der Waals surface area contributed by atoms with Gasteiger partial charge in [-0.15, -0.1) is 0 Å². The first-order valence-corrected chi connectivity index (χ1v) is 12.1. The predicted octanol–water partition coefficient (Wildman–Crippen LogP) is 6.87. The standard InChI is InChI=1S/C26H31BrFNO3/c1-4-17(15-24(30)32-3)20-10-7-11-23(16(20)2)29-26(31)25(18-8-5-6-9-18)19-12-13-21(27)22(28)14-19/h7,10-14,17-18,25H,4-6,8-9,15H2,1-3H3,(H,29,31). The van der Waals surface area contributed by atoms with Crippen LogP contribution in [-0.2, 0) is 14.3 Å². The molecule has 2 aromatic rings. The van der Waals surface area contributed by atoms with Gasteiger partial charge in [0.2, 0.25) is 5.91 Å². The second-order valence-corrected chi connectivity index (χ2v) is 9.44. The molecular formula is C26H31BrFNO3. The molecule has 1 saturated carbocycles. The van der Waals surface area contributed by atoms with E-state index in [4.69, 9.17) is 4.74 Å². The van der Waals surface area contributed by atoms with E-state index in [2.05, 4.69) is 21.2 Å².